The molecule has 6 heteroatoms. The van der Waals surface area contributed by atoms with Gasteiger partial charge in [-0.15, -0.1) is 0 Å². The van der Waals surface area contributed by atoms with Gasteiger partial charge in [-0.3, -0.25) is 0 Å². The molecule has 0 saturated heterocycles. The van der Waals surface area contributed by atoms with Gasteiger partial charge in [0.2, 0.25) is 5.88 Å². The van der Waals surface area contributed by atoms with E-state index in [0.29, 0.717) is 19.0 Å². The van der Waals surface area contributed by atoms with E-state index in [9.17, 15) is 0 Å². The van der Waals surface area contributed by atoms with Crippen molar-refractivity contribution >= 4 is 21.6 Å². The van der Waals surface area contributed by atoms with E-state index in [1.807, 2.05) is 28.9 Å². The molecule has 0 saturated carbocycles. The number of rotatable bonds is 5. The number of nitrogens with one attached hydrogen (secondary N) is 1. The van der Waals surface area contributed by atoms with E-state index in [1.165, 1.54) is 5.56 Å². The quantitative estimate of drug-likeness (QED) is 0.759. The minimum Gasteiger partial charge on any atom is -0.481 e. The largest absolute Gasteiger partial charge is 0.481 e. The zero-order chi connectivity index (χ0) is 15.5. The van der Waals surface area contributed by atoms with E-state index >= 15 is 0 Å². The molecule has 3 aromatic heterocycles. The highest BCUT2D eigenvalue weighted by Gasteiger charge is 2.09. The number of hydrogen-bond donors (Lipinski definition) is 1. The van der Waals surface area contributed by atoms with Crippen LogP contribution in [0.25, 0.3) is 5.65 Å². The first kappa shape index (κ1) is 15.0. The number of halogens is 1. The number of aromatic nitrogens is 3. The van der Waals surface area contributed by atoms with Crippen LogP contribution in [0.4, 0.5) is 0 Å². The van der Waals surface area contributed by atoms with Crippen LogP contribution >= 0.6 is 15.9 Å². The van der Waals surface area contributed by atoms with E-state index in [0.717, 1.165) is 21.4 Å². The number of aryl methyl sites for hydroxylation is 1. The Labute approximate surface area is 137 Å². The zero-order valence-corrected chi connectivity index (χ0v) is 14.1. The van der Waals surface area contributed by atoms with Crippen molar-refractivity contribution in [3.05, 3.63) is 58.1 Å². The molecular weight excluding hydrogens is 344 g/mol. The van der Waals surface area contributed by atoms with E-state index in [1.54, 1.807) is 13.3 Å². The van der Waals surface area contributed by atoms with Crippen LogP contribution in [-0.2, 0) is 13.1 Å². The van der Waals surface area contributed by atoms with Crippen LogP contribution in [0.15, 0.2) is 41.3 Å². The maximum atomic E-state index is 5.29. The summed E-state index contributed by atoms with van der Waals surface area (Å²) in [6, 6.07) is 6.00. The summed E-state index contributed by atoms with van der Waals surface area (Å²) in [6.45, 7) is 3.41. The van der Waals surface area contributed by atoms with Crippen LogP contribution in [0.5, 0.6) is 5.88 Å². The van der Waals surface area contributed by atoms with Crippen LogP contribution < -0.4 is 10.1 Å². The molecule has 0 aromatic carbocycles. The van der Waals surface area contributed by atoms with Crippen molar-refractivity contribution in [2.45, 2.75) is 20.0 Å². The van der Waals surface area contributed by atoms with Crippen LogP contribution in [0.2, 0.25) is 0 Å². The molecule has 1 N–H and O–H groups in total. The molecule has 0 aliphatic carbocycles. The number of imidazole rings is 1. The summed E-state index contributed by atoms with van der Waals surface area (Å²) in [4.78, 5) is 8.87. The summed E-state index contributed by atoms with van der Waals surface area (Å²) < 4.78 is 8.32. The molecule has 5 nitrogen and oxygen atoms in total. The SMILES string of the molecule is COc1nccc(Br)c1CNCc1cn2cccc(C)c2n1. The lowest BCUT2D eigenvalue weighted by molar-refractivity contribution is 0.390. The van der Waals surface area contributed by atoms with Gasteiger partial charge in [0.1, 0.15) is 5.65 Å². The summed E-state index contributed by atoms with van der Waals surface area (Å²) >= 11 is 3.53. The van der Waals surface area contributed by atoms with Crippen molar-refractivity contribution in [1.82, 2.24) is 19.7 Å². The van der Waals surface area contributed by atoms with E-state index in [-0.39, 0.29) is 0 Å². The molecule has 114 valence electrons. The van der Waals surface area contributed by atoms with Gasteiger partial charge in [-0.2, -0.15) is 0 Å². The van der Waals surface area contributed by atoms with Gasteiger partial charge in [0, 0.05) is 41.7 Å². The first-order valence-electron chi connectivity index (χ1n) is 7.00. The number of ether oxygens (including phenoxy) is 1. The first-order valence-corrected chi connectivity index (χ1v) is 7.79. The molecule has 0 bridgehead atoms. The Hall–Kier alpha value is -1.92. The highest BCUT2D eigenvalue weighted by atomic mass is 79.9. The minimum absolute atomic E-state index is 0.632. The summed E-state index contributed by atoms with van der Waals surface area (Å²) in [5.41, 5.74) is 4.18. The predicted molar refractivity (Wildman–Crippen MR) is 89.0 cm³/mol. The summed E-state index contributed by atoms with van der Waals surface area (Å²) in [5.74, 6) is 0.632. The Morgan fingerprint density at radius 2 is 2.18 bits per heavy atom. The highest BCUT2D eigenvalue weighted by Crippen LogP contribution is 2.23. The normalized spacial score (nSPS) is 11.0. The lowest BCUT2D eigenvalue weighted by Gasteiger charge is -2.09. The fourth-order valence-corrected chi connectivity index (χ4v) is 2.82. The van der Waals surface area contributed by atoms with Crippen LogP contribution in [0.3, 0.4) is 0 Å². The van der Waals surface area contributed by atoms with Gasteiger partial charge in [0.25, 0.3) is 0 Å². The van der Waals surface area contributed by atoms with E-state index in [2.05, 4.69) is 44.2 Å². The van der Waals surface area contributed by atoms with Crippen LogP contribution in [0, 0.1) is 6.92 Å². The zero-order valence-electron chi connectivity index (χ0n) is 12.5. The molecule has 3 rings (SSSR count). The molecule has 0 spiro atoms. The second-order valence-corrected chi connectivity index (χ2v) is 5.89. The third-order valence-electron chi connectivity index (χ3n) is 3.49. The third kappa shape index (κ3) is 2.98. The van der Waals surface area contributed by atoms with Crippen LogP contribution in [0.1, 0.15) is 16.8 Å². The maximum absolute atomic E-state index is 5.29. The van der Waals surface area contributed by atoms with Crippen molar-refractivity contribution in [2.75, 3.05) is 7.11 Å². The average Bonchev–Trinajstić information content (AvgIpc) is 2.93. The molecule has 0 aliphatic heterocycles. The monoisotopic (exact) mass is 360 g/mol. The van der Waals surface area contributed by atoms with Crippen molar-refractivity contribution in [2.24, 2.45) is 0 Å². The second-order valence-electron chi connectivity index (χ2n) is 5.04. The standard InChI is InChI=1S/C16H17BrN4O/c1-11-4-3-7-21-10-12(20-15(11)21)8-18-9-13-14(17)5-6-19-16(13)22-2/h3-7,10,18H,8-9H2,1-2H3. The Morgan fingerprint density at radius 1 is 1.32 bits per heavy atom. The van der Waals surface area contributed by atoms with Crippen LogP contribution in [-0.4, -0.2) is 21.5 Å². The van der Waals surface area contributed by atoms with Crippen molar-refractivity contribution < 1.29 is 4.74 Å². The molecule has 0 aliphatic rings. The molecule has 0 unspecified atom stereocenters. The summed E-state index contributed by atoms with van der Waals surface area (Å²) in [5, 5.41) is 3.39. The van der Waals surface area contributed by atoms with Crippen molar-refractivity contribution in [1.29, 1.82) is 0 Å². The third-order valence-corrected chi connectivity index (χ3v) is 4.23. The van der Waals surface area contributed by atoms with Gasteiger partial charge in [-0.25, -0.2) is 9.97 Å². The number of nitrogens with zero attached hydrogens (tertiary/aromatic N) is 3. The summed E-state index contributed by atoms with van der Waals surface area (Å²) in [6.07, 6.45) is 5.78. The smallest absolute Gasteiger partial charge is 0.218 e. The van der Waals surface area contributed by atoms with Gasteiger partial charge in [-0.05, 0) is 24.6 Å². The molecule has 0 fully saturated rings. The molecule has 22 heavy (non-hydrogen) atoms. The van der Waals surface area contributed by atoms with Gasteiger partial charge >= 0.3 is 0 Å². The molecule has 3 aromatic rings. The van der Waals surface area contributed by atoms with Gasteiger partial charge in [0.15, 0.2) is 0 Å². The number of pyridine rings is 2. The molecule has 3 heterocycles. The molecule has 0 amide bonds. The fourth-order valence-electron chi connectivity index (χ4n) is 2.39. The Morgan fingerprint density at radius 3 is 2.95 bits per heavy atom. The molecular formula is C16H17BrN4O. The van der Waals surface area contributed by atoms with Crippen molar-refractivity contribution in [3.8, 4) is 5.88 Å². The maximum Gasteiger partial charge on any atom is 0.218 e. The molecule has 0 radical (unpaired) electrons. The number of hydrogen-bond acceptors (Lipinski definition) is 4. The minimum atomic E-state index is 0.632. The number of fused-ring (bicyclic) bond motifs is 1. The Bertz CT molecular complexity index is 800. The van der Waals surface area contributed by atoms with E-state index in [4.69, 9.17) is 4.74 Å². The topological polar surface area (TPSA) is 51.5 Å². The van der Waals surface area contributed by atoms with E-state index < -0.39 is 0 Å². The predicted octanol–water partition coefficient (Wildman–Crippen LogP) is 3.10. The average molecular weight is 361 g/mol. The highest BCUT2D eigenvalue weighted by molar-refractivity contribution is 9.10. The Balaban J connectivity index is 1.71. The van der Waals surface area contributed by atoms with Gasteiger partial charge in [0.05, 0.1) is 12.8 Å². The van der Waals surface area contributed by atoms with Crippen molar-refractivity contribution in [3.63, 3.8) is 0 Å². The van der Waals surface area contributed by atoms with Gasteiger partial charge in [-0.1, -0.05) is 22.0 Å². The first-order chi connectivity index (χ1) is 10.7. The van der Waals surface area contributed by atoms with Gasteiger partial charge < -0.3 is 14.5 Å². The Kier molecular flexibility index (Phi) is 4.40. The lowest BCUT2D eigenvalue weighted by Crippen LogP contribution is -2.14. The fraction of sp³-hybridized carbons (Fsp3) is 0.250. The molecule has 0 atom stereocenters. The number of methoxy groups -OCH3 is 1. The lowest BCUT2D eigenvalue weighted by atomic mass is 10.2. The summed E-state index contributed by atoms with van der Waals surface area (Å²) in [7, 11) is 1.63. The second kappa shape index (κ2) is 6.46.